The van der Waals surface area contributed by atoms with Crippen LogP contribution in [0, 0.1) is 5.92 Å². The first-order valence-electron chi connectivity index (χ1n) is 5.73. The molecule has 0 spiro atoms. The topological polar surface area (TPSA) is 98.3 Å². The number of carbonyl (C=O) groups is 1. The summed E-state index contributed by atoms with van der Waals surface area (Å²) in [6, 6.07) is 1.75. The van der Waals surface area contributed by atoms with E-state index in [9.17, 15) is 13.2 Å². The molecule has 18 heavy (non-hydrogen) atoms. The van der Waals surface area contributed by atoms with Gasteiger partial charge in [0.05, 0.1) is 11.9 Å². The van der Waals surface area contributed by atoms with Gasteiger partial charge in [0.2, 0.25) is 15.9 Å². The predicted octanol–water partition coefficient (Wildman–Crippen LogP) is -0.456. The van der Waals surface area contributed by atoms with Gasteiger partial charge in [-0.1, -0.05) is 0 Å². The molecular formula is C10H16N4O3S. The number of amides is 1. The third-order valence-electron chi connectivity index (χ3n) is 2.94. The van der Waals surface area contributed by atoms with Crippen LogP contribution in [0.1, 0.15) is 13.3 Å². The van der Waals surface area contributed by atoms with E-state index >= 15 is 0 Å². The smallest absolute Gasteiger partial charge is 0.228 e. The quantitative estimate of drug-likeness (QED) is 0.802. The SMILES string of the molecule is CCn1nccc1N1CC(CS(N)(=O)=O)CC1=O. The lowest BCUT2D eigenvalue weighted by atomic mass is 10.1. The fraction of sp³-hybridized carbons (Fsp3) is 0.600. The van der Waals surface area contributed by atoms with Crippen molar-refractivity contribution in [1.82, 2.24) is 9.78 Å². The summed E-state index contributed by atoms with van der Waals surface area (Å²) in [5.74, 6) is 0.223. The molecule has 7 nitrogen and oxygen atoms in total. The van der Waals surface area contributed by atoms with Crippen molar-refractivity contribution in [2.75, 3.05) is 17.2 Å². The van der Waals surface area contributed by atoms with E-state index in [0.717, 1.165) is 0 Å². The van der Waals surface area contributed by atoms with Crippen LogP contribution >= 0.6 is 0 Å². The highest BCUT2D eigenvalue weighted by atomic mass is 32.2. The average molecular weight is 272 g/mol. The summed E-state index contributed by atoms with van der Waals surface area (Å²) in [6.07, 6.45) is 1.84. The minimum Gasteiger partial charge on any atom is -0.297 e. The van der Waals surface area contributed by atoms with Crippen LogP contribution in [0.3, 0.4) is 0 Å². The molecule has 8 heteroatoms. The lowest BCUT2D eigenvalue weighted by Crippen LogP contribution is -2.29. The van der Waals surface area contributed by atoms with Crippen LogP contribution in [0.4, 0.5) is 5.82 Å². The Morgan fingerprint density at radius 2 is 2.28 bits per heavy atom. The van der Waals surface area contributed by atoms with Crippen molar-refractivity contribution >= 4 is 21.7 Å². The van der Waals surface area contributed by atoms with Crippen molar-refractivity contribution in [2.45, 2.75) is 19.9 Å². The maximum Gasteiger partial charge on any atom is 0.228 e. The van der Waals surface area contributed by atoms with Crippen molar-refractivity contribution < 1.29 is 13.2 Å². The largest absolute Gasteiger partial charge is 0.297 e. The first kappa shape index (κ1) is 13.0. The van der Waals surface area contributed by atoms with E-state index in [0.29, 0.717) is 18.9 Å². The minimum atomic E-state index is -3.54. The Hall–Kier alpha value is -1.41. The molecule has 1 atom stereocenters. The second kappa shape index (κ2) is 4.69. The van der Waals surface area contributed by atoms with Gasteiger partial charge < -0.3 is 0 Å². The summed E-state index contributed by atoms with van der Waals surface area (Å²) in [5.41, 5.74) is 0. The standard InChI is InChI=1S/C10H16N4O3S/c1-2-14-9(3-4-12-14)13-6-8(5-10(13)15)7-18(11,16)17/h3-4,8H,2,5-7H2,1H3,(H2,11,16,17). The molecule has 1 aliphatic rings. The first-order valence-corrected chi connectivity index (χ1v) is 7.45. The fourth-order valence-electron chi connectivity index (χ4n) is 2.24. The molecule has 1 aromatic rings. The number of rotatable bonds is 4. The molecule has 1 fully saturated rings. The second-order valence-electron chi connectivity index (χ2n) is 4.41. The second-order valence-corrected chi connectivity index (χ2v) is 6.07. The van der Waals surface area contributed by atoms with E-state index in [4.69, 9.17) is 5.14 Å². The third-order valence-corrected chi connectivity index (χ3v) is 3.88. The molecule has 1 amide bonds. The van der Waals surface area contributed by atoms with Gasteiger partial charge in [-0.25, -0.2) is 18.2 Å². The number of aryl methyl sites for hydroxylation is 1. The normalized spacial score (nSPS) is 20.7. The number of sulfonamides is 1. The van der Waals surface area contributed by atoms with Crippen molar-refractivity contribution in [3.63, 3.8) is 0 Å². The summed E-state index contributed by atoms with van der Waals surface area (Å²) in [5, 5.41) is 9.10. The average Bonchev–Trinajstić information content (AvgIpc) is 2.81. The van der Waals surface area contributed by atoms with E-state index in [1.165, 1.54) is 0 Å². The van der Waals surface area contributed by atoms with Crippen molar-refractivity contribution in [1.29, 1.82) is 0 Å². The Kier molecular flexibility index (Phi) is 3.40. The lowest BCUT2D eigenvalue weighted by molar-refractivity contribution is -0.117. The van der Waals surface area contributed by atoms with Crippen LogP contribution in [0.15, 0.2) is 12.3 Å². The van der Waals surface area contributed by atoms with Gasteiger partial charge in [0.1, 0.15) is 5.82 Å². The molecule has 0 aliphatic carbocycles. The van der Waals surface area contributed by atoms with Crippen LogP contribution in [0.5, 0.6) is 0 Å². The zero-order chi connectivity index (χ0) is 13.3. The van der Waals surface area contributed by atoms with E-state index in [1.807, 2.05) is 6.92 Å². The summed E-state index contributed by atoms with van der Waals surface area (Å²) in [6.45, 7) is 2.96. The summed E-state index contributed by atoms with van der Waals surface area (Å²) >= 11 is 0. The molecule has 0 aromatic carbocycles. The molecule has 2 rings (SSSR count). The third kappa shape index (κ3) is 2.70. The van der Waals surface area contributed by atoms with Crippen LogP contribution in [-0.4, -0.2) is 36.4 Å². The predicted molar refractivity (Wildman–Crippen MR) is 66.3 cm³/mol. The summed E-state index contributed by atoms with van der Waals surface area (Å²) in [4.78, 5) is 13.5. The number of primary sulfonamides is 1. The first-order chi connectivity index (χ1) is 8.40. The van der Waals surface area contributed by atoms with Crippen LogP contribution in [-0.2, 0) is 21.4 Å². The number of nitrogens with two attached hydrogens (primary N) is 1. The highest BCUT2D eigenvalue weighted by Crippen LogP contribution is 2.25. The van der Waals surface area contributed by atoms with E-state index < -0.39 is 10.0 Å². The molecule has 1 aliphatic heterocycles. The van der Waals surface area contributed by atoms with E-state index in [-0.39, 0.29) is 24.0 Å². The number of hydrogen-bond donors (Lipinski definition) is 1. The van der Waals surface area contributed by atoms with Gasteiger partial charge in [-0.05, 0) is 6.92 Å². The maximum atomic E-state index is 11.9. The van der Waals surface area contributed by atoms with Crippen molar-refractivity contribution in [2.24, 2.45) is 11.1 Å². The van der Waals surface area contributed by atoms with Gasteiger partial charge in [-0.2, -0.15) is 5.10 Å². The Labute approximate surface area is 106 Å². The highest BCUT2D eigenvalue weighted by molar-refractivity contribution is 7.89. The molecule has 0 saturated carbocycles. The van der Waals surface area contributed by atoms with Gasteiger partial charge in [0, 0.05) is 31.5 Å². The molecule has 2 N–H and O–H groups in total. The van der Waals surface area contributed by atoms with Crippen molar-refractivity contribution in [3.05, 3.63) is 12.3 Å². The Morgan fingerprint density at radius 3 is 2.89 bits per heavy atom. The van der Waals surface area contributed by atoms with Gasteiger partial charge in [0.25, 0.3) is 0 Å². The van der Waals surface area contributed by atoms with Crippen molar-refractivity contribution in [3.8, 4) is 0 Å². The van der Waals surface area contributed by atoms with Crippen LogP contribution in [0.2, 0.25) is 0 Å². The van der Waals surface area contributed by atoms with E-state index in [1.54, 1.807) is 21.8 Å². The van der Waals surface area contributed by atoms with Crippen LogP contribution in [0.25, 0.3) is 0 Å². The number of carbonyl (C=O) groups excluding carboxylic acids is 1. The minimum absolute atomic E-state index is 0.0844. The highest BCUT2D eigenvalue weighted by Gasteiger charge is 2.34. The summed E-state index contributed by atoms with van der Waals surface area (Å²) < 4.78 is 23.8. The lowest BCUT2D eigenvalue weighted by Gasteiger charge is -2.17. The molecule has 0 bridgehead atoms. The van der Waals surface area contributed by atoms with Gasteiger partial charge in [0.15, 0.2) is 0 Å². The van der Waals surface area contributed by atoms with Gasteiger partial charge in [-0.15, -0.1) is 0 Å². The Bertz CT molecular complexity index is 551. The zero-order valence-corrected chi connectivity index (χ0v) is 10.9. The number of hydrogen-bond acceptors (Lipinski definition) is 4. The maximum absolute atomic E-state index is 11.9. The van der Waals surface area contributed by atoms with E-state index in [2.05, 4.69) is 5.10 Å². The zero-order valence-electron chi connectivity index (χ0n) is 10.1. The van der Waals surface area contributed by atoms with Gasteiger partial charge in [-0.3, -0.25) is 9.69 Å². The summed E-state index contributed by atoms with van der Waals surface area (Å²) in [7, 11) is -3.54. The Balaban J connectivity index is 2.15. The molecule has 1 saturated heterocycles. The number of nitrogens with zero attached hydrogens (tertiary/aromatic N) is 3. The molecule has 2 heterocycles. The molecular weight excluding hydrogens is 256 g/mol. The fourth-order valence-corrected chi connectivity index (χ4v) is 3.12. The molecule has 100 valence electrons. The molecule has 1 unspecified atom stereocenters. The number of aromatic nitrogens is 2. The van der Waals surface area contributed by atoms with Crippen LogP contribution < -0.4 is 10.0 Å². The van der Waals surface area contributed by atoms with Gasteiger partial charge >= 0.3 is 0 Å². The molecule has 1 aromatic heterocycles. The number of anilines is 1. The Morgan fingerprint density at radius 1 is 1.56 bits per heavy atom. The molecule has 0 radical (unpaired) electrons. The monoisotopic (exact) mass is 272 g/mol.